The molecule has 3 N–H and O–H groups in total. The summed E-state index contributed by atoms with van der Waals surface area (Å²) in [6.07, 6.45) is 0.819. The zero-order chi connectivity index (χ0) is 14.3. The van der Waals surface area contributed by atoms with Crippen LogP contribution < -0.4 is 11.1 Å². The largest absolute Gasteiger partial charge is 0.399 e. The van der Waals surface area contributed by atoms with Crippen LogP contribution in [0.3, 0.4) is 0 Å². The number of benzene rings is 1. The molecule has 1 aromatic rings. The zero-order valence-corrected chi connectivity index (χ0v) is 12.0. The van der Waals surface area contributed by atoms with E-state index in [-0.39, 0.29) is 5.91 Å². The van der Waals surface area contributed by atoms with Crippen molar-refractivity contribution in [3.63, 3.8) is 0 Å². The third-order valence-corrected chi connectivity index (χ3v) is 2.56. The van der Waals surface area contributed by atoms with Gasteiger partial charge >= 0.3 is 0 Å². The van der Waals surface area contributed by atoms with Crippen LogP contribution in [0.4, 0.5) is 5.69 Å². The van der Waals surface area contributed by atoms with Crippen LogP contribution in [0.25, 0.3) is 0 Å². The maximum absolute atomic E-state index is 11.9. The highest BCUT2D eigenvalue weighted by atomic mass is 16.5. The van der Waals surface area contributed by atoms with Crippen molar-refractivity contribution < 1.29 is 9.53 Å². The van der Waals surface area contributed by atoms with Crippen molar-refractivity contribution in [3.8, 4) is 0 Å². The fraction of sp³-hybridized carbons (Fsp3) is 0.533. The first-order valence-electron chi connectivity index (χ1n) is 6.72. The highest BCUT2D eigenvalue weighted by Gasteiger charge is 2.06. The Balaban J connectivity index is 2.27. The number of hydrogen-bond acceptors (Lipinski definition) is 3. The van der Waals surface area contributed by atoms with Crippen LogP contribution in [0.1, 0.15) is 36.2 Å². The number of aryl methyl sites for hydroxylation is 1. The van der Waals surface area contributed by atoms with Crippen molar-refractivity contribution in [1.29, 1.82) is 0 Å². The SMILES string of the molecule is Cc1cc(N)cc(C(=O)NCCCOCC(C)C)c1. The van der Waals surface area contributed by atoms with Crippen molar-refractivity contribution in [2.24, 2.45) is 5.92 Å². The van der Waals surface area contributed by atoms with Crippen molar-refractivity contribution in [2.75, 3.05) is 25.5 Å². The molecule has 1 amide bonds. The summed E-state index contributed by atoms with van der Waals surface area (Å²) < 4.78 is 5.45. The van der Waals surface area contributed by atoms with Crippen molar-refractivity contribution in [1.82, 2.24) is 5.32 Å². The van der Waals surface area contributed by atoms with Gasteiger partial charge in [0, 0.05) is 31.0 Å². The molecule has 0 bridgehead atoms. The summed E-state index contributed by atoms with van der Waals surface area (Å²) in [5.74, 6) is 0.462. The topological polar surface area (TPSA) is 64.4 Å². The summed E-state index contributed by atoms with van der Waals surface area (Å²) in [5, 5.41) is 2.87. The normalized spacial score (nSPS) is 10.7. The van der Waals surface area contributed by atoms with Gasteiger partial charge in [0.2, 0.25) is 0 Å². The van der Waals surface area contributed by atoms with Crippen molar-refractivity contribution in [3.05, 3.63) is 29.3 Å². The third-order valence-electron chi connectivity index (χ3n) is 2.56. The molecule has 0 aliphatic carbocycles. The number of carbonyl (C=O) groups is 1. The molecular formula is C15H24N2O2. The minimum Gasteiger partial charge on any atom is -0.399 e. The molecule has 0 fully saturated rings. The standard InChI is InChI=1S/C15H24N2O2/c1-11(2)10-19-6-4-5-17-15(18)13-7-12(3)8-14(16)9-13/h7-9,11H,4-6,10,16H2,1-3H3,(H,17,18). The van der Waals surface area contributed by atoms with Gasteiger partial charge in [-0.1, -0.05) is 13.8 Å². The first kappa shape index (κ1) is 15.5. The highest BCUT2D eigenvalue weighted by Crippen LogP contribution is 2.10. The Morgan fingerprint density at radius 2 is 2.11 bits per heavy atom. The average molecular weight is 264 g/mol. The quantitative estimate of drug-likeness (QED) is 0.587. The predicted octanol–water partition coefficient (Wildman–Crippen LogP) is 2.37. The van der Waals surface area contributed by atoms with Crippen LogP contribution in [0, 0.1) is 12.8 Å². The summed E-state index contributed by atoms with van der Waals surface area (Å²) in [4.78, 5) is 11.9. The molecule has 0 spiro atoms. The minimum atomic E-state index is -0.0840. The monoisotopic (exact) mass is 264 g/mol. The zero-order valence-electron chi connectivity index (χ0n) is 12.0. The van der Waals surface area contributed by atoms with Crippen molar-refractivity contribution in [2.45, 2.75) is 27.2 Å². The number of amides is 1. The summed E-state index contributed by atoms with van der Waals surface area (Å²) in [6.45, 7) is 8.21. The maximum atomic E-state index is 11.9. The van der Waals surface area contributed by atoms with Gasteiger partial charge in [-0.3, -0.25) is 4.79 Å². The maximum Gasteiger partial charge on any atom is 0.251 e. The molecule has 19 heavy (non-hydrogen) atoms. The summed E-state index contributed by atoms with van der Waals surface area (Å²) >= 11 is 0. The molecule has 0 atom stereocenters. The second kappa shape index (κ2) is 7.79. The second-order valence-corrected chi connectivity index (χ2v) is 5.21. The first-order chi connectivity index (χ1) is 8.99. The molecule has 0 saturated carbocycles. The second-order valence-electron chi connectivity index (χ2n) is 5.21. The number of hydrogen-bond donors (Lipinski definition) is 2. The number of carbonyl (C=O) groups excluding carboxylic acids is 1. The van der Waals surface area contributed by atoms with Crippen LogP contribution in [0.15, 0.2) is 18.2 Å². The molecule has 0 aromatic heterocycles. The lowest BCUT2D eigenvalue weighted by molar-refractivity contribution is 0.0925. The molecular weight excluding hydrogens is 240 g/mol. The molecule has 0 heterocycles. The van der Waals surface area contributed by atoms with Crippen LogP contribution in [-0.2, 0) is 4.74 Å². The van der Waals surface area contributed by atoms with E-state index in [2.05, 4.69) is 19.2 Å². The molecule has 1 aromatic carbocycles. The van der Waals surface area contributed by atoms with E-state index >= 15 is 0 Å². The smallest absolute Gasteiger partial charge is 0.251 e. The van der Waals surface area contributed by atoms with Gasteiger partial charge in [0.25, 0.3) is 5.91 Å². The van der Waals surface area contributed by atoms with E-state index in [1.165, 1.54) is 0 Å². The van der Waals surface area contributed by atoms with Gasteiger partial charge in [0.15, 0.2) is 0 Å². The number of rotatable bonds is 7. The van der Waals surface area contributed by atoms with Crippen molar-refractivity contribution >= 4 is 11.6 Å². The van der Waals surface area contributed by atoms with Gasteiger partial charge in [-0.05, 0) is 43.0 Å². The number of anilines is 1. The molecule has 0 saturated heterocycles. The molecule has 4 heteroatoms. The average Bonchev–Trinajstić information content (AvgIpc) is 2.31. The third kappa shape index (κ3) is 6.25. The minimum absolute atomic E-state index is 0.0840. The van der Waals surface area contributed by atoms with Crippen LogP contribution in [-0.4, -0.2) is 25.7 Å². The Labute approximate surface area is 115 Å². The van der Waals surface area contributed by atoms with Gasteiger partial charge in [0.1, 0.15) is 0 Å². The molecule has 0 radical (unpaired) electrons. The molecule has 0 aliphatic rings. The summed E-state index contributed by atoms with van der Waals surface area (Å²) in [5.41, 5.74) is 7.94. The summed E-state index contributed by atoms with van der Waals surface area (Å²) in [6, 6.07) is 5.37. The van der Waals surface area contributed by atoms with Crippen LogP contribution in [0.2, 0.25) is 0 Å². The van der Waals surface area contributed by atoms with Gasteiger partial charge in [-0.15, -0.1) is 0 Å². The van der Waals surface area contributed by atoms with E-state index in [1.54, 1.807) is 6.07 Å². The lowest BCUT2D eigenvalue weighted by Crippen LogP contribution is -2.25. The predicted molar refractivity (Wildman–Crippen MR) is 78.2 cm³/mol. The Hall–Kier alpha value is -1.55. The highest BCUT2D eigenvalue weighted by molar-refractivity contribution is 5.95. The fourth-order valence-electron chi connectivity index (χ4n) is 1.74. The first-order valence-corrected chi connectivity index (χ1v) is 6.72. The Morgan fingerprint density at radius 3 is 2.74 bits per heavy atom. The van der Waals surface area contributed by atoms with E-state index in [0.29, 0.717) is 30.3 Å². The van der Waals surface area contributed by atoms with E-state index in [0.717, 1.165) is 18.6 Å². The fourth-order valence-corrected chi connectivity index (χ4v) is 1.74. The van der Waals surface area contributed by atoms with Crippen LogP contribution >= 0.6 is 0 Å². The lowest BCUT2D eigenvalue weighted by Gasteiger charge is -2.08. The number of nitrogens with one attached hydrogen (secondary N) is 1. The molecule has 0 aliphatic heterocycles. The van der Waals surface area contributed by atoms with E-state index in [1.807, 2.05) is 19.1 Å². The Bertz CT molecular complexity index is 396. The molecule has 106 valence electrons. The Kier molecular flexibility index (Phi) is 6.36. The van der Waals surface area contributed by atoms with Gasteiger partial charge < -0.3 is 15.8 Å². The van der Waals surface area contributed by atoms with Gasteiger partial charge in [-0.2, -0.15) is 0 Å². The van der Waals surface area contributed by atoms with E-state index in [4.69, 9.17) is 10.5 Å². The lowest BCUT2D eigenvalue weighted by atomic mass is 10.1. The van der Waals surface area contributed by atoms with Gasteiger partial charge in [-0.25, -0.2) is 0 Å². The number of nitrogens with two attached hydrogens (primary N) is 1. The summed E-state index contributed by atoms with van der Waals surface area (Å²) in [7, 11) is 0. The molecule has 4 nitrogen and oxygen atoms in total. The number of nitrogen functional groups attached to an aromatic ring is 1. The Morgan fingerprint density at radius 1 is 1.37 bits per heavy atom. The molecule has 0 unspecified atom stereocenters. The van der Waals surface area contributed by atoms with E-state index < -0.39 is 0 Å². The van der Waals surface area contributed by atoms with Crippen LogP contribution in [0.5, 0.6) is 0 Å². The molecule has 1 rings (SSSR count). The van der Waals surface area contributed by atoms with E-state index in [9.17, 15) is 4.79 Å². The number of ether oxygens (including phenoxy) is 1. The van der Waals surface area contributed by atoms with Gasteiger partial charge in [0.05, 0.1) is 0 Å².